The van der Waals surface area contributed by atoms with E-state index in [1.165, 1.54) is 76.2 Å². The summed E-state index contributed by atoms with van der Waals surface area (Å²) in [6, 6.07) is 11.6. The number of hydrogen-bond acceptors (Lipinski definition) is 3. The van der Waals surface area contributed by atoms with Gasteiger partial charge in [-0.1, -0.05) is 75.8 Å². The lowest BCUT2D eigenvalue weighted by Gasteiger charge is -2.58. The highest BCUT2D eigenvalue weighted by molar-refractivity contribution is 5.14. The van der Waals surface area contributed by atoms with Crippen molar-refractivity contribution in [2.24, 2.45) is 5.92 Å². The van der Waals surface area contributed by atoms with Crippen LogP contribution in [0.4, 0.5) is 0 Å². The number of hydrogen-bond donors (Lipinski definition) is 1. The van der Waals surface area contributed by atoms with Gasteiger partial charge in [-0.25, -0.2) is 0 Å². The van der Waals surface area contributed by atoms with Crippen LogP contribution in [-0.4, -0.2) is 40.3 Å². The Kier molecular flexibility index (Phi) is 7.31. The largest absolute Gasteiger partial charge is 0.393 e. The van der Waals surface area contributed by atoms with Crippen LogP contribution in [0, 0.1) is 5.92 Å². The third kappa shape index (κ3) is 4.57. The van der Waals surface area contributed by atoms with Gasteiger partial charge in [0.2, 0.25) is 0 Å². The van der Waals surface area contributed by atoms with Crippen molar-refractivity contribution in [2.75, 3.05) is 6.61 Å². The zero-order chi connectivity index (χ0) is 20.1. The highest BCUT2D eigenvalue weighted by Gasteiger charge is 2.58. The maximum absolute atomic E-state index is 11.1. The van der Waals surface area contributed by atoms with E-state index in [0.29, 0.717) is 24.6 Å². The summed E-state index contributed by atoms with van der Waals surface area (Å²) in [5.41, 5.74) is 1.52. The van der Waals surface area contributed by atoms with Gasteiger partial charge in [-0.3, -0.25) is 4.90 Å². The van der Waals surface area contributed by atoms with Crippen LogP contribution in [0.25, 0.3) is 0 Å². The molecule has 1 spiro atoms. The van der Waals surface area contributed by atoms with E-state index < -0.39 is 0 Å². The second-order valence-electron chi connectivity index (χ2n) is 9.86. The van der Waals surface area contributed by atoms with Crippen molar-refractivity contribution in [1.82, 2.24) is 4.90 Å². The van der Waals surface area contributed by atoms with E-state index in [9.17, 15) is 5.11 Å². The normalized spacial score (nSPS) is 34.7. The molecule has 2 aliphatic heterocycles. The monoisotopic (exact) mass is 399 g/mol. The fourth-order valence-corrected chi connectivity index (χ4v) is 6.81. The second kappa shape index (κ2) is 9.94. The number of aliphatic hydroxyl groups excluding tert-OH is 1. The predicted molar refractivity (Wildman–Crippen MR) is 119 cm³/mol. The van der Waals surface area contributed by atoms with Gasteiger partial charge in [-0.05, 0) is 44.1 Å². The summed E-state index contributed by atoms with van der Waals surface area (Å²) in [6.07, 6.45) is 15.1. The molecule has 1 saturated carbocycles. The van der Waals surface area contributed by atoms with E-state index in [4.69, 9.17) is 4.74 Å². The Hall–Kier alpha value is -0.900. The average Bonchev–Trinajstić information content (AvgIpc) is 3.10. The number of benzene rings is 1. The van der Waals surface area contributed by atoms with Crippen LogP contribution in [0.5, 0.6) is 0 Å². The van der Waals surface area contributed by atoms with Crippen molar-refractivity contribution in [3.63, 3.8) is 0 Å². The predicted octanol–water partition coefficient (Wildman–Crippen LogP) is 5.70. The molecule has 2 saturated heterocycles. The quantitative estimate of drug-likeness (QED) is 0.541. The number of rotatable bonds is 9. The van der Waals surface area contributed by atoms with Gasteiger partial charge in [0.15, 0.2) is 0 Å². The highest BCUT2D eigenvalue weighted by Crippen LogP contribution is 2.54. The topological polar surface area (TPSA) is 32.7 Å². The molecule has 0 unspecified atom stereocenters. The van der Waals surface area contributed by atoms with E-state index in [1.807, 2.05) is 0 Å². The van der Waals surface area contributed by atoms with Crippen LogP contribution in [0.3, 0.4) is 0 Å². The molecule has 0 radical (unpaired) electrons. The Balaban J connectivity index is 1.44. The maximum atomic E-state index is 11.1. The van der Waals surface area contributed by atoms with Gasteiger partial charge in [-0.2, -0.15) is 0 Å². The SMILES string of the molecule is CCCCCC[C@@H]1C[C@H](O)[C@@H]2CCCC[C@]23CC[C@@H](COCc2ccccc2)N13. The van der Waals surface area contributed by atoms with Crippen LogP contribution in [0.2, 0.25) is 0 Å². The molecule has 1 N–H and O–H groups in total. The second-order valence-corrected chi connectivity index (χ2v) is 9.86. The zero-order valence-electron chi connectivity index (χ0n) is 18.4. The third-order valence-corrected chi connectivity index (χ3v) is 8.07. The number of aliphatic hydroxyl groups is 1. The highest BCUT2D eigenvalue weighted by atomic mass is 16.5. The van der Waals surface area contributed by atoms with Gasteiger partial charge in [0.25, 0.3) is 0 Å². The lowest BCUT2D eigenvalue weighted by atomic mass is 9.64. The fraction of sp³-hybridized carbons (Fsp3) is 0.769. The summed E-state index contributed by atoms with van der Waals surface area (Å²) >= 11 is 0. The number of piperidine rings is 1. The van der Waals surface area contributed by atoms with E-state index in [-0.39, 0.29) is 11.6 Å². The number of unbranched alkanes of at least 4 members (excludes halogenated alkanes) is 3. The first kappa shape index (κ1) is 21.3. The average molecular weight is 400 g/mol. The minimum atomic E-state index is -0.0910. The van der Waals surface area contributed by atoms with Gasteiger partial charge in [0.05, 0.1) is 19.3 Å². The first-order valence-electron chi connectivity index (χ1n) is 12.3. The van der Waals surface area contributed by atoms with Gasteiger partial charge < -0.3 is 9.84 Å². The minimum absolute atomic E-state index is 0.0910. The van der Waals surface area contributed by atoms with Crippen LogP contribution < -0.4 is 0 Å². The van der Waals surface area contributed by atoms with Crippen molar-refractivity contribution >= 4 is 0 Å². The van der Waals surface area contributed by atoms with Gasteiger partial charge in [0.1, 0.15) is 0 Å². The molecule has 5 atom stereocenters. The maximum Gasteiger partial charge on any atom is 0.0717 e. The summed E-state index contributed by atoms with van der Waals surface area (Å²) in [4.78, 5) is 2.90. The Bertz CT molecular complexity index is 620. The molecule has 0 amide bonds. The van der Waals surface area contributed by atoms with Gasteiger partial charge in [-0.15, -0.1) is 0 Å². The molecule has 2 heterocycles. The Morgan fingerprint density at radius 1 is 1.03 bits per heavy atom. The lowest BCUT2D eigenvalue weighted by molar-refractivity contribution is -0.129. The van der Waals surface area contributed by atoms with Crippen molar-refractivity contribution in [3.8, 4) is 0 Å². The Morgan fingerprint density at radius 3 is 2.72 bits per heavy atom. The fourth-order valence-electron chi connectivity index (χ4n) is 6.81. The number of ether oxygens (including phenoxy) is 1. The molecule has 3 aliphatic rings. The van der Waals surface area contributed by atoms with E-state index >= 15 is 0 Å². The van der Waals surface area contributed by atoms with Crippen LogP contribution >= 0.6 is 0 Å². The first-order valence-corrected chi connectivity index (χ1v) is 12.3. The minimum Gasteiger partial charge on any atom is -0.393 e. The molecule has 1 aromatic rings. The Morgan fingerprint density at radius 2 is 1.90 bits per heavy atom. The van der Waals surface area contributed by atoms with Crippen molar-refractivity contribution in [1.29, 1.82) is 0 Å². The van der Waals surface area contributed by atoms with Crippen LogP contribution in [0.15, 0.2) is 30.3 Å². The molecular weight excluding hydrogens is 358 g/mol. The summed E-state index contributed by atoms with van der Waals surface area (Å²) < 4.78 is 6.24. The molecule has 0 aromatic heterocycles. The molecule has 1 aromatic carbocycles. The van der Waals surface area contributed by atoms with Crippen LogP contribution in [-0.2, 0) is 11.3 Å². The third-order valence-electron chi connectivity index (χ3n) is 8.07. The van der Waals surface area contributed by atoms with E-state index in [1.54, 1.807) is 0 Å². The lowest BCUT2D eigenvalue weighted by Crippen LogP contribution is -2.65. The summed E-state index contributed by atoms with van der Waals surface area (Å²) in [7, 11) is 0. The summed E-state index contributed by atoms with van der Waals surface area (Å²) in [5, 5.41) is 11.1. The molecule has 162 valence electrons. The Labute approximate surface area is 177 Å². The van der Waals surface area contributed by atoms with Crippen molar-refractivity contribution < 1.29 is 9.84 Å². The molecule has 3 heteroatoms. The summed E-state index contributed by atoms with van der Waals surface area (Å²) in [6.45, 7) is 3.84. The van der Waals surface area contributed by atoms with Gasteiger partial charge >= 0.3 is 0 Å². The first-order chi connectivity index (χ1) is 14.2. The molecule has 1 aliphatic carbocycles. The van der Waals surface area contributed by atoms with Crippen LogP contribution in [0.1, 0.15) is 89.5 Å². The van der Waals surface area contributed by atoms with Gasteiger partial charge in [0, 0.05) is 23.5 Å². The smallest absolute Gasteiger partial charge is 0.0717 e. The molecule has 3 nitrogen and oxygen atoms in total. The van der Waals surface area contributed by atoms with Crippen molar-refractivity contribution in [3.05, 3.63) is 35.9 Å². The molecule has 0 bridgehead atoms. The molecule has 3 fully saturated rings. The van der Waals surface area contributed by atoms with Crippen molar-refractivity contribution in [2.45, 2.75) is 114 Å². The zero-order valence-corrected chi connectivity index (χ0v) is 18.4. The number of nitrogens with zero attached hydrogens (tertiary/aromatic N) is 1. The standard InChI is InChI=1S/C26H41NO2/c1-2-3-4-8-13-22-18-25(28)24-14-9-10-16-26(24)17-15-23(27(22)26)20-29-19-21-11-6-5-7-12-21/h5-7,11-12,22-25,28H,2-4,8-10,13-20H2,1H3/t22-,23+,24+,25+,26+/m1/s1. The van der Waals surface area contributed by atoms with E-state index in [0.717, 1.165) is 13.0 Å². The molecular formula is C26H41NO2. The molecule has 29 heavy (non-hydrogen) atoms. The van der Waals surface area contributed by atoms with E-state index in [2.05, 4.69) is 42.2 Å². The molecule has 4 rings (SSSR count). The summed E-state index contributed by atoms with van der Waals surface area (Å²) in [5.74, 6) is 0.488.